The second kappa shape index (κ2) is 8.36. The minimum Gasteiger partial charge on any atom is -0.486 e. The van der Waals surface area contributed by atoms with Gasteiger partial charge in [-0.1, -0.05) is 30.3 Å². The topological polar surface area (TPSA) is 50.4 Å². The van der Waals surface area contributed by atoms with Crippen LogP contribution in [0, 0.1) is 12.8 Å². The van der Waals surface area contributed by atoms with Crippen LogP contribution in [0.1, 0.15) is 56.3 Å². The molecule has 2 aliphatic rings. The second-order valence-electron chi connectivity index (χ2n) is 8.38. The molecule has 0 radical (unpaired) electrons. The Balaban J connectivity index is 1.33. The molecule has 3 unspecified atom stereocenters. The summed E-state index contributed by atoms with van der Waals surface area (Å²) < 4.78 is 6.07. The molecule has 0 aliphatic carbocycles. The number of fused-ring (bicyclic) bond motifs is 2. The third kappa shape index (κ3) is 4.56. The normalized spacial score (nSPS) is 24.6. The number of carbonyl (C=O) groups excluding carboxylic acids is 1. The van der Waals surface area contributed by atoms with Crippen molar-refractivity contribution in [3.63, 3.8) is 0 Å². The number of rotatable bonds is 6. The minimum atomic E-state index is -0.0173. The van der Waals surface area contributed by atoms with E-state index in [-0.39, 0.29) is 12.0 Å². The van der Waals surface area contributed by atoms with Gasteiger partial charge < -0.3 is 15.4 Å². The molecule has 4 nitrogen and oxygen atoms in total. The van der Waals surface area contributed by atoms with Crippen LogP contribution in [0.25, 0.3) is 0 Å². The maximum atomic E-state index is 12.6. The molecule has 2 fully saturated rings. The molecule has 2 aliphatic heterocycles. The molecule has 3 atom stereocenters. The average molecular weight is 379 g/mol. The fourth-order valence-electron chi connectivity index (χ4n) is 4.65. The SMILES string of the molecule is Cc1cc(OC(C)c2ccccc2)ccc1NC(=O)CC1CC2CCC(C1)N2. The molecular formula is C24H30N2O2. The maximum absolute atomic E-state index is 12.6. The lowest BCUT2D eigenvalue weighted by Crippen LogP contribution is -2.39. The minimum absolute atomic E-state index is 0.0173. The van der Waals surface area contributed by atoms with E-state index in [0.717, 1.165) is 35.4 Å². The number of hydrogen-bond donors (Lipinski definition) is 2. The molecule has 2 N–H and O–H groups in total. The van der Waals surface area contributed by atoms with Gasteiger partial charge in [0, 0.05) is 24.2 Å². The highest BCUT2D eigenvalue weighted by Crippen LogP contribution is 2.33. The van der Waals surface area contributed by atoms with Crippen molar-refractivity contribution in [2.24, 2.45) is 5.92 Å². The van der Waals surface area contributed by atoms with E-state index in [1.165, 1.54) is 12.8 Å². The summed E-state index contributed by atoms with van der Waals surface area (Å²) in [5, 5.41) is 6.75. The first kappa shape index (κ1) is 19.0. The lowest BCUT2D eigenvalue weighted by Gasteiger charge is -2.28. The zero-order chi connectivity index (χ0) is 19.5. The number of aryl methyl sites for hydroxylation is 1. The van der Waals surface area contributed by atoms with Gasteiger partial charge in [-0.15, -0.1) is 0 Å². The van der Waals surface area contributed by atoms with E-state index in [4.69, 9.17) is 4.74 Å². The van der Waals surface area contributed by atoms with E-state index in [0.29, 0.717) is 24.4 Å². The van der Waals surface area contributed by atoms with Crippen molar-refractivity contribution in [1.82, 2.24) is 5.32 Å². The van der Waals surface area contributed by atoms with Gasteiger partial charge in [-0.25, -0.2) is 0 Å². The number of hydrogen-bond acceptors (Lipinski definition) is 3. The quantitative estimate of drug-likeness (QED) is 0.744. The van der Waals surface area contributed by atoms with E-state index in [1.54, 1.807) is 0 Å². The Hall–Kier alpha value is -2.33. The average Bonchev–Trinajstić information content (AvgIpc) is 3.03. The highest BCUT2D eigenvalue weighted by atomic mass is 16.5. The highest BCUT2D eigenvalue weighted by molar-refractivity contribution is 5.91. The van der Waals surface area contributed by atoms with E-state index in [1.807, 2.05) is 50.2 Å². The van der Waals surface area contributed by atoms with Gasteiger partial charge in [0.25, 0.3) is 0 Å². The first-order valence-corrected chi connectivity index (χ1v) is 10.4. The standard InChI is InChI=1S/C24H30N2O2/c1-16-12-22(28-17(2)19-6-4-3-5-7-19)10-11-23(16)26-24(27)15-18-13-20-8-9-21(14-18)25-20/h3-7,10-12,17-18,20-21,25H,8-9,13-15H2,1-2H3,(H,26,27). The number of amides is 1. The molecule has 0 aromatic heterocycles. The number of anilines is 1. The van der Waals surface area contributed by atoms with Crippen molar-refractivity contribution >= 4 is 11.6 Å². The van der Waals surface area contributed by atoms with Gasteiger partial charge in [-0.05, 0) is 74.8 Å². The Morgan fingerprint density at radius 1 is 1.14 bits per heavy atom. The molecule has 148 valence electrons. The second-order valence-corrected chi connectivity index (χ2v) is 8.38. The molecule has 2 aromatic carbocycles. The Kier molecular flexibility index (Phi) is 5.67. The van der Waals surface area contributed by atoms with Crippen molar-refractivity contribution in [3.8, 4) is 5.75 Å². The van der Waals surface area contributed by atoms with E-state index in [2.05, 4.69) is 22.8 Å². The van der Waals surface area contributed by atoms with Crippen molar-refractivity contribution in [3.05, 3.63) is 59.7 Å². The van der Waals surface area contributed by atoms with Gasteiger partial charge in [0.2, 0.25) is 5.91 Å². The molecule has 0 saturated carbocycles. The van der Waals surface area contributed by atoms with Crippen LogP contribution >= 0.6 is 0 Å². The van der Waals surface area contributed by atoms with Gasteiger partial charge in [-0.3, -0.25) is 4.79 Å². The van der Waals surface area contributed by atoms with Crippen LogP contribution in [-0.4, -0.2) is 18.0 Å². The summed E-state index contributed by atoms with van der Waals surface area (Å²) in [6.45, 7) is 4.06. The third-order valence-corrected chi connectivity index (χ3v) is 6.10. The molecule has 4 rings (SSSR count). The highest BCUT2D eigenvalue weighted by Gasteiger charge is 2.34. The van der Waals surface area contributed by atoms with Crippen LogP contribution in [0.4, 0.5) is 5.69 Å². The van der Waals surface area contributed by atoms with E-state index in [9.17, 15) is 4.79 Å². The van der Waals surface area contributed by atoms with Crippen LogP contribution < -0.4 is 15.4 Å². The molecule has 28 heavy (non-hydrogen) atoms. The van der Waals surface area contributed by atoms with Crippen molar-refractivity contribution in [2.45, 2.75) is 64.1 Å². The summed E-state index contributed by atoms with van der Waals surface area (Å²) >= 11 is 0. The Labute approximate surface area is 167 Å². The van der Waals surface area contributed by atoms with Crippen molar-refractivity contribution < 1.29 is 9.53 Å². The largest absolute Gasteiger partial charge is 0.486 e. The number of carbonyl (C=O) groups is 1. The monoisotopic (exact) mass is 378 g/mol. The first-order chi connectivity index (χ1) is 13.6. The predicted molar refractivity (Wildman–Crippen MR) is 113 cm³/mol. The molecule has 1 amide bonds. The van der Waals surface area contributed by atoms with E-state index >= 15 is 0 Å². The Morgan fingerprint density at radius 2 is 1.86 bits per heavy atom. The summed E-state index contributed by atoms with van der Waals surface area (Å²) in [5.41, 5.74) is 3.05. The number of piperidine rings is 1. The Bertz CT molecular complexity index is 809. The molecule has 2 aromatic rings. The lowest BCUT2D eigenvalue weighted by atomic mass is 9.89. The van der Waals surface area contributed by atoms with Gasteiger partial charge in [0.05, 0.1) is 0 Å². The fraction of sp³-hybridized carbons (Fsp3) is 0.458. The summed E-state index contributed by atoms with van der Waals surface area (Å²) in [5.74, 6) is 1.45. The Morgan fingerprint density at radius 3 is 2.54 bits per heavy atom. The molecule has 0 spiro atoms. The molecule has 2 heterocycles. The molecule has 2 saturated heterocycles. The predicted octanol–water partition coefficient (Wildman–Crippen LogP) is 4.99. The molecule has 4 heteroatoms. The summed E-state index contributed by atoms with van der Waals surface area (Å²) in [6.07, 6.45) is 5.41. The zero-order valence-corrected chi connectivity index (χ0v) is 16.8. The first-order valence-electron chi connectivity index (χ1n) is 10.4. The van der Waals surface area contributed by atoms with Crippen LogP contribution in [-0.2, 0) is 4.79 Å². The van der Waals surface area contributed by atoms with Crippen LogP contribution in [0.3, 0.4) is 0 Å². The van der Waals surface area contributed by atoms with Gasteiger partial charge in [-0.2, -0.15) is 0 Å². The van der Waals surface area contributed by atoms with Crippen molar-refractivity contribution in [1.29, 1.82) is 0 Å². The summed E-state index contributed by atoms with van der Waals surface area (Å²) in [7, 11) is 0. The summed E-state index contributed by atoms with van der Waals surface area (Å²) in [6, 6.07) is 17.3. The lowest BCUT2D eigenvalue weighted by molar-refractivity contribution is -0.117. The fourth-order valence-corrected chi connectivity index (χ4v) is 4.65. The van der Waals surface area contributed by atoms with Crippen LogP contribution in [0.5, 0.6) is 5.75 Å². The van der Waals surface area contributed by atoms with Crippen LogP contribution in [0.15, 0.2) is 48.5 Å². The van der Waals surface area contributed by atoms with Gasteiger partial charge >= 0.3 is 0 Å². The summed E-state index contributed by atoms with van der Waals surface area (Å²) in [4.78, 5) is 12.6. The zero-order valence-electron chi connectivity index (χ0n) is 16.8. The number of benzene rings is 2. The number of nitrogens with one attached hydrogen (secondary N) is 2. The van der Waals surface area contributed by atoms with Gasteiger partial charge in [0.1, 0.15) is 11.9 Å². The van der Waals surface area contributed by atoms with E-state index < -0.39 is 0 Å². The van der Waals surface area contributed by atoms with Crippen LogP contribution in [0.2, 0.25) is 0 Å². The number of ether oxygens (including phenoxy) is 1. The maximum Gasteiger partial charge on any atom is 0.224 e. The molecular weight excluding hydrogens is 348 g/mol. The van der Waals surface area contributed by atoms with Crippen molar-refractivity contribution in [2.75, 3.05) is 5.32 Å². The van der Waals surface area contributed by atoms with Gasteiger partial charge in [0.15, 0.2) is 0 Å². The smallest absolute Gasteiger partial charge is 0.224 e. The third-order valence-electron chi connectivity index (χ3n) is 6.10. The molecule has 2 bridgehead atoms.